The van der Waals surface area contributed by atoms with Crippen molar-refractivity contribution in [2.75, 3.05) is 26.2 Å². The number of nitrogens with one attached hydrogen (secondary N) is 1. The zero-order chi connectivity index (χ0) is 23.2. The molecule has 7 nitrogen and oxygen atoms in total. The number of likely N-dealkylation sites (tertiary alicyclic amines) is 2. The third-order valence-corrected chi connectivity index (χ3v) is 6.75. The van der Waals surface area contributed by atoms with Gasteiger partial charge >= 0.3 is 0 Å². The van der Waals surface area contributed by atoms with E-state index in [4.69, 9.17) is 0 Å². The molecule has 7 heteroatoms. The van der Waals surface area contributed by atoms with Crippen LogP contribution in [0.2, 0.25) is 0 Å². The molecule has 0 radical (unpaired) electrons. The van der Waals surface area contributed by atoms with Crippen LogP contribution in [0.25, 0.3) is 0 Å². The van der Waals surface area contributed by atoms with Crippen LogP contribution >= 0.6 is 0 Å². The second-order valence-corrected chi connectivity index (χ2v) is 9.49. The van der Waals surface area contributed by atoms with Crippen molar-refractivity contribution in [3.63, 3.8) is 0 Å². The first-order chi connectivity index (χ1) is 16.0. The number of amides is 2. The van der Waals surface area contributed by atoms with E-state index in [1.807, 2.05) is 24.8 Å². The summed E-state index contributed by atoms with van der Waals surface area (Å²) in [6, 6.07) is 12.5. The Bertz CT molecular complexity index is 936. The first-order valence-electron chi connectivity index (χ1n) is 12.1. The number of rotatable bonds is 7. The maximum absolute atomic E-state index is 12.8. The van der Waals surface area contributed by atoms with Gasteiger partial charge in [-0.25, -0.2) is 9.97 Å². The molecule has 2 aliphatic heterocycles. The average molecular weight is 450 g/mol. The maximum atomic E-state index is 12.8. The fourth-order valence-electron chi connectivity index (χ4n) is 4.98. The van der Waals surface area contributed by atoms with Crippen LogP contribution in [0, 0.1) is 19.8 Å². The summed E-state index contributed by atoms with van der Waals surface area (Å²) in [5.74, 6) is 1.27. The van der Waals surface area contributed by atoms with Gasteiger partial charge in [-0.3, -0.25) is 14.5 Å². The topological polar surface area (TPSA) is 78.4 Å². The van der Waals surface area contributed by atoms with E-state index >= 15 is 0 Å². The molecule has 2 amide bonds. The molecule has 0 spiro atoms. The zero-order valence-corrected chi connectivity index (χ0v) is 19.8. The van der Waals surface area contributed by atoms with E-state index in [1.54, 1.807) is 6.07 Å². The second-order valence-electron chi connectivity index (χ2n) is 9.49. The van der Waals surface area contributed by atoms with Gasteiger partial charge in [0.25, 0.3) is 5.91 Å². The highest BCUT2D eigenvalue weighted by atomic mass is 16.2. The summed E-state index contributed by atoms with van der Waals surface area (Å²) in [4.78, 5) is 38.2. The molecule has 1 aromatic heterocycles. The smallest absolute Gasteiger partial charge is 0.272 e. The molecular weight excluding hydrogens is 414 g/mol. The molecule has 0 bridgehead atoms. The molecule has 0 aliphatic carbocycles. The van der Waals surface area contributed by atoms with E-state index in [1.165, 1.54) is 5.56 Å². The summed E-state index contributed by atoms with van der Waals surface area (Å²) in [5.41, 5.74) is 2.62. The van der Waals surface area contributed by atoms with E-state index in [0.717, 1.165) is 64.1 Å². The third-order valence-electron chi connectivity index (χ3n) is 6.75. The van der Waals surface area contributed by atoms with Crippen molar-refractivity contribution in [2.24, 2.45) is 5.92 Å². The average Bonchev–Trinajstić information content (AvgIpc) is 3.24. The van der Waals surface area contributed by atoms with Gasteiger partial charge in [-0.05, 0) is 57.1 Å². The fourth-order valence-corrected chi connectivity index (χ4v) is 4.98. The minimum atomic E-state index is -0.0129. The number of nitrogens with zero attached hydrogens (tertiary/aromatic N) is 4. The van der Waals surface area contributed by atoms with Gasteiger partial charge in [0.1, 0.15) is 11.5 Å². The predicted molar refractivity (Wildman–Crippen MR) is 128 cm³/mol. The van der Waals surface area contributed by atoms with Gasteiger partial charge in [-0.2, -0.15) is 0 Å². The van der Waals surface area contributed by atoms with Crippen LogP contribution in [0.1, 0.15) is 59.7 Å². The van der Waals surface area contributed by atoms with Crippen LogP contribution in [-0.2, 0) is 11.3 Å². The van der Waals surface area contributed by atoms with Gasteiger partial charge in [-0.1, -0.05) is 30.3 Å². The lowest BCUT2D eigenvalue weighted by Crippen LogP contribution is -2.40. The van der Waals surface area contributed by atoms with Gasteiger partial charge in [0.2, 0.25) is 5.91 Å². The molecule has 1 atom stereocenters. The highest BCUT2D eigenvalue weighted by molar-refractivity contribution is 5.92. The number of aryl methyl sites for hydroxylation is 2. The molecule has 3 heterocycles. The first-order valence-corrected chi connectivity index (χ1v) is 12.1. The number of piperidine rings is 1. The Kier molecular flexibility index (Phi) is 7.70. The Morgan fingerprint density at radius 2 is 1.79 bits per heavy atom. The van der Waals surface area contributed by atoms with E-state index in [2.05, 4.69) is 44.5 Å². The fraction of sp³-hybridized carbons (Fsp3) is 0.538. The van der Waals surface area contributed by atoms with Crippen molar-refractivity contribution >= 4 is 11.8 Å². The van der Waals surface area contributed by atoms with Crippen LogP contribution < -0.4 is 5.32 Å². The van der Waals surface area contributed by atoms with Crippen LogP contribution in [0.5, 0.6) is 0 Å². The van der Waals surface area contributed by atoms with Crippen molar-refractivity contribution in [1.82, 2.24) is 25.1 Å². The number of carbonyl (C=O) groups is 2. The van der Waals surface area contributed by atoms with Crippen LogP contribution in [0.3, 0.4) is 0 Å². The summed E-state index contributed by atoms with van der Waals surface area (Å²) >= 11 is 0. The number of hydrogen-bond donors (Lipinski definition) is 1. The molecule has 2 aromatic rings. The van der Waals surface area contributed by atoms with Crippen molar-refractivity contribution < 1.29 is 9.59 Å². The Balaban J connectivity index is 1.15. The lowest BCUT2D eigenvalue weighted by atomic mass is 9.92. The summed E-state index contributed by atoms with van der Waals surface area (Å²) in [5, 5.41) is 3.23. The highest BCUT2D eigenvalue weighted by Gasteiger charge is 2.27. The summed E-state index contributed by atoms with van der Waals surface area (Å²) < 4.78 is 0. The van der Waals surface area contributed by atoms with E-state index < -0.39 is 0 Å². The Morgan fingerprint density at radius 3 is 2.52 bits per heavy atom. The van der Waals surface area contributed by atoms with Crippen molar-refractivity contribution in [3.05, 3.63) is 59.2 Å². The van der Waals surface area contributed by atoms with Gasteiger partial charge in [0, 0.05) is 50.9 Å². The third kappa shape index (κ3) is 6.60. The Labute approximate surface area is 196 Å². The van der Waals surface area contributed by atoms with Gasteiger partial charge < -0.3 is 10.2 Å². The lowest BCUT2D eigenvalue weighted by molar-refractivity contribution is -0.122. The maximum Gasteiger partial charge on any atom is 0.272 e. The van der Waals surface area contributed by atoms with E-state index in [0.29, 0.717) is 23.9 Å². The molecule has 2 aliphatic rings. The lowest BCUT2D eigenvalue weighted by Gasteiger charge is -2.32. The molecule has 176 valence electrons. The molecule has 1 aromatic carbocycles. The molecule has 0 unspecified atom stereocenters. The number of hydrogen-bond acceptors (Lipinski definition) is 5. The quantitative estimate of drug-likeness (QED) is 0.703. The van der Waals surface area contributed by atoms with Crippen molar-refractivity contribution in [1.29, 1.82) is 0 Å². The number of carbonyl (C=O) groups excluding carboxylic acids is 2. The molecule has 33 heavy (non-hydrogen) atoms. The SMILES string of the molecule is Cc1cc(C(=O)N2CCC(CCC(=O)N[C@@H]3CCN(Cc4ccccc4)C3)CC2)nc(C)n1. The van der Waals surface area contributed by atoms with Crippen molar-refractivity contribution in [2.45, 2.75) is 58.5 Å². The van der Waals surface area contributed by atoms with Crippen LogP contribution in [0.4, 0.5) is 0 Å². The molecule has 4 rings (SSSR count). The summed E-state index contributed by atoms with van der Waals surface area (Å²) in [6.07, 6.45) is 4.35. The van der Waals surface area contributed by atoms with Gasteiger partial charge in [-0.15, -0.1) is 0 Å². The molecule has 2 fully saturated rings. The normalized spacial score (nSPS) is 19.6. The van der Waals surface area contributed by atoms with Gasteiger partial charge in [0.15, 0.2) is 0 Å². The minimum Gasteiger partial charge on any atom is -0.352 e. The number of aromatic nitrogens is 2. The van der Waals surface area contributed by atoms with E-state index in [9.17, 15) is 9.59 Å². The van der Waals surface area contributed by atoms with Crippen LogP contribution in [-0.4, -0.2) is 63.8 Å². The largest absolute Gasteiger partial charge is 0.352 e. The number of benzene rings is 1. The first kappa shape index (κ1) is 23.4. The standard InChI is InChI=1S/C26H35N5O2/c1-19-16-24(28-20(2)27-19)26(33)31-14-10-21(11-15-31)8-9-25(32)29-23-12-13-30(18-23)17-22-6-4-3-5-7-22/h3-7,16,21,23H,8-15,17-18H2,1-2H3,(H,29,32)/t23-/m1/s1. The molecular formula is C26H35N5O2. The van der Waals surface area contributed by atoms with Gasteiger partial charge in [0.05, 0.1) is 0 Å². The zero-order valence-electron chi connectivity index (χ0n) is 19.8. The predicted octanol–water partition coefficient (Wildman–Crippen LogP) is 3.12. The molecule has 2 saturated heterocycles. The molecule has 1 N–H and O–H groups in total. The monoisotopic (exact) mass is 449 g/mol. The summed E-state index contributed by atoms with van der Waals surface area (Å²) in [7, 11) is 0. The summed E-state index contributed by atoms with van der Waals surface area (Å²) in [6.45, 7) is 8.04. The minimum absolute atomic E-state index is 0.0129. The highest BCUT2D eigenvalue weighted by Crippen LogP contribution is 2.23. The van der Waals surface area contributed by atoms with Crippen molar-refractivity contribution in [3.8, 4) is 0 Å². The van der Waals surface area contributed by atoms with Crippen LogP contribution in [0.15, 0.2) is 36.4 Å². The Morgan fingerprint density at radius 1 is 1.03 bits per heavy atom. The Hall–Kier alpha value is -2.80. The van der Waals surface area contributed by atoms with E-state index in [-0.39, 0.29) is 17.9 Å². The molecule has 0 saturated carbocycles. The second kappa shape index (κ2) is 10.9.